The van der Waals surface area contributed by atoms with Crippen LogP contribution in [0, 0.1) is 11.8 Å². The summed E-state index contributed by atoms with van der Waals surface area (Å²) in [5.41, 5.74) is 5.41. The third-order valence-electron chi connectivity index (χ3n) is 4.81. The van der Waals surface area contributed by atoms with Gasteiger partial charge in [0, 0.05) is 18.0 Å². The summed E-state index contributed by atoms with van der Waals surface area (Å²) in [4.78, 5) is 22.8. The zero-order chi connectivity index (χ0) is 14.5. The average Bonchev–Trinajstić information content (AvgIpc) is 2.47. The van der Waals surface area contributed by atoms with Crippen molar-refractivity contribution in [1.29, 1.82) is 0 Å². The van der Waals surface area contributed by atoms with Crippen molar-refractivity contribution in [3.63, 3.8) is 0 Å². The summed E-state index contributed by atoms with van der Waals surface area (Å²) in [5, 5.41) is 3.66. The van der Waals surface area contributed by atoms with E-state index < -0.39 is 0 Å². The summed E-state index contributed by atoms with van der Waals surface area (Å²) < 4.78 is 4.80. The van der Waals surface area contributed by atoms with Gasteiger partial charge in [-0.3, -0.25) is 9.59 Å². The van der Waals surface area contributed by atoms with E-state index in [1.54, 1.807) is 0 Å². The maximum atomic E-state index is 11.5. The summed E-state index contributed by atoms with van der Waals surface area (Å²) in [6, 6.07) is 0.869. The van der Waals surface area contributed by atoms with Gasteiger partial charge >= 0.3 is 5.97 Å². The topological polar surface area (TPSA) is 81.4 Å². The molecule has 1 amide bonds. The zero-order valence-electron chi connectivity index (χ0n) is 12.3. The van der Waals surface area contributed by atoms with Gasteiger partial charge in [-0.25, -0.2) is 0 Å². The molecule has 3 N–H and O–H groups in total. The number of primary amides is 1. The molecular formula is C15H26N2O3. The first-order valence-electron chi connectivity index (χ1n) is 7.73. The van der Waals surface area contributed by atoms with Gasteiger partial charge < -0.3 is 15.8 Å². The predicted molar refractivity (Wildman–Crippen MR) is 75.8 cm³/mol. The van der Waals surface area contributed by atoms with E-state index in [9.17, 15) is 9.59 Å². The van der Waals surface area contributed by atoms with Crippen LogP contribution < -0.4 is 11.1 Å². The minimum Gasteiger partial charge on any atom is -0.469 e. The molecule has 0 bridgehead atoms. The Morgan fingerprint density at radius 2 is 1.70 bits per heavy atom. The van der Waals surface area contributed by atoms with Crippen LogP contribution in [0.5, 0.6) is 0 Å². The molecule has 2 saturated carbocycles. The Labute approximate surface area is 120 Å². The monoisotopic (exact) mass is 282 g/mol. The number of nitrogens with one attached hydrogen (secondary N) is 1. The van der Waals surface area contributed by atoms with Crippen LogP contribution in [0.2, 0.25) is 0 Å². The number of carbonyl (C=O) groups excluding carboxylic acids is 2. The Balaban J connectivity index is 1.75. The summed E-state index contributed by atoms with van der Waals surface area (Å²) in [6.07, 6.45) is 7.82. The highest BCUT2D eigenvalue weighted by Gasteiger charge is 2.30. The van der Waals surface area contributed by atoms with E-state index >= 15 is 0 Å². The highest BCUT2D eigenvalue weighted by molar-refractivity contribution is 5.76. The number of esters is 1. The normalized spacial score (nSPS) is 34.5. The Kier molecular flexibility index (Phi) is 5.40. The molecule has 0 aliphatic heterocycles. The van der Waals surface area contributed by atoms with Crippen LogP contribution in [0.25, 0.3) is 0 Å². The number of rotatable bonds is 4. The van der Waals surface area contributed by atoms with Crippen LogP contribution >= 0.6 is 0 Å². The maximum Gasteiger partial charge on any atom is 0.308 e. The van der Waals surface area contributed by atoms with Crippen molar-refractivity contribution in [2.45, 2.75) is 63.5 Å². The lowest BCUT2D eigenvalue weighted by molar-refractivity contribution is -0.146. The molecule has 2 fully saturated rings. The van der Waals surface area contributed by atoms with Gasteiger partial charge in [-0.05, 0) is 44.9 Å². The second-order valence-corrected chi connectivity index (χ2v) is 6.20. The summed E-state index contributed by atoms with van der Waals surface area (Å²) in [6.45, 7) is 0. The first-order chi connectivity index (χ1) is 9.60. The third-order valence-corrected chi connectivity index (χ3v) is 4.81. The zero-order valence-corrected chi connectivity index (χ0v) is 12.3. The Bertz CT molecular complexity index is 351. The molecule has 114 valence electrons. The molecule has 0 aromatic rings. The second kappa shape index (κ2) is 7.07. The smallest absolute Gasteiger partial charge is 0.308 e. The van der Waals surface area contributed by atoms with E-state index in [2.05, 4.69) is 5.32 Å². The highest BCUT2D eigenvalue weighted by Crippen LogP contribution is 2.28. The fourth-order valence-corrected chi connectivity index (χ4v) is 3.60. The van der Waals surface area contributed by atoms with Crippen molar-refractivity contribution in [3.8, 4) is 0 Å². The van der Waals surface area contributed by atoms with Crippen LogP contribution in [0.15, 0.2) is 0 Å². The van der Waals surface area contributed by atoms with Gasteiger partial charge in [0.25, 0.3) is 0 Å². The van der Waals surface area contributed by atoms with Gasteiger partial charge in [0.05, 0.1) is 13.0 Å². The lowest BCUT2D eigenvalue weighted by Crippen LogP contribution is -2.45. The van der Waals surface area contributed by atoms with Crippen LogP contribution in [0.3, 0.4) is 0 Å². The van der Waals surface area contributed by atoms with E-state index in [-0.39, 0.29) is 23.7 Å². The molecule has 2 atom stereocenters. The average molecular weight is 282 g/mol. The molecule has 0 aromatic carbocycles. The molecule has 2 aliphatic rings. The minimum atomic E-state index is -0.161. The van der Waals surface area contributed by atoms with Gasteiger partial charge in [-0.15, -0.1) is 0 Å². The molecule has 0 aromatic heterocycles. The number of carbonyl (C=O) groups is 2. The molecule has 5 nitrogen and oxygen atoms in total. The summed E-state index contributed by atoms with van der Waals surface area (Å²) in [5.74, 6) is -0.128. The molecule has 0 heterocycles. The van der Waals surface area contributed by atoms with E-state index in [1.165, 1.54) is 7.11 Å². The highest BCUT2D eigenvalue weighted by atomic mass is 16.5. The van der Waals surface area contributed by atoms with Crippen molar-refractivity contribution >= 4 is 11.9 Å². The van der Waals surface area contributed by atoms with Gasteiger partial charge in [-0.1, -0.05) is 6.42 Å². The van der Waals surface area contributed by atoms with Crippen LogP contribution in [-0.2, 0) is 14.3 Å². The standard InChI is InChI=1S/C15H26N2O3/c1-20-15(19)10-5-7-12(8-6-10)17-13-4-2-3-11(9-13)14(16)18/h10-13,17H,2-9H2,1H3,(H2,16,18)/t10?,11-,12?,13-/m1/s1. The maximum absolute atomic E-state index is 11.5. The molecule has 0 spiro atoms. The number of ether oxygens (including phenoxy) is 1. The van der Waals surface area contributed by atoms with Crippen LogP contribution in [-0.4, -0.2) is 31.1 Å². The van der Waals surface area contributed by atoms with Gasteiger partial charge in [0.15, 0.2) is 0 Å². The quantitative estimate of drug-likeness (QED) is 0.763. The number of hydrogen-bond acceptors (Lipinski definition) is 4. The van der Waals surface area contributed by atoms with E-state index in [4.69, 9.17) is 10.5 Å². The lowest BCUT2D eigenvalue weighted by Gasteiger charge is -2.34. The van der Waals surface area contributed by atoms with Crippen molar-refractivity contribution in [2.75, 3.05) is 7.11 Å². The molecule has 0 saturated heterocycles. The molecule has 0 unspecified atom stereocenters. The van der Waals surface area contributed by atoms with Crippen LogP contribution in [0.1, 0.15) is 51.4 Å². The minimum absolute atomic E-state index is 0.0349. The fraction of sp³-hybridized carbons (Fsp3) is 0.867. The van der Waals surface area contributed by atoms with Crippen LogP contribution in [0.4, 0.5) is 0 Å². The molecule has 2 rings (SSSR count). The molecule has 0 radical (unpaired) electrons. The second-order valence-electron chi connectivity index (χ2n) is 6.20. The molecule has 5 heteroatoms. The summed E-state index contributed by atoms with van der Waals surface area (Å²) in [7, 11) is 1.46. The number of methoxy groups -OCH3 is 1. The van der Waals surface area contributed by atoms with Crippen molar-refractivity contribution < 1.29 is 14.3 Å². The Morgan fingerprint density at radius 3 is 2.30 bits per heavy atom. The molecular weight excluding hydrogens is 256 g/mol. The van der Waals surface area contributed by atoms with E-state index in [0.717, 1.165) is 51.4 Å². The Morgan fingerprint density at radius 1 is 1.00 bits per heavy atom. The Hall–Kier alpha value is -1.10. The van der Waals surface area contributed by atoms with Gasteiger partial charge in [0.1, 0.15) is 0 Å². The fourth-order valence-electron chi connectivity index (χ4n) is 3.60. The van der Waals surface area contributed by atoms with Crippen molar-refractivity contribution in [2.24, 2.45) is 17.6 Å². The number of hydrogen-bond donors (Lipinski definition) is 2. The van der Waals surface area contributed by atoms with Crippen molar-refractivity contribution in [3.05, 3.63) is 0 Å². The first-order valence-corrected chi connectivity index (χ1v) is 7.73. The van der Waals surface area contributed by atoms with Gasteiger partial charge in [-0.2, -0.15) is 0 Å². The van der Waals surface area contributed by atoms with E-state index in [0.29, 0.717) is 12.1 Å². The van der Waals surface area contributed by atoms with Crippen molar-refractivity contribution in [1.82, 2.24) is 5.32 Å². The molecule has 2 aliphatic carbocycles. The largest absolute Gasteiger partial charge is 0.469 e. The lowest BCUT2D eigenvalue weighted by atomic mass is 9.82. The predicted octanol–water partition coefficient (Wildman–Crippen LogP) is 1.35. The number of amides is 1. The number of nitrogens with two attached hydrogens (primary N) is 1. The van der Waals surface area contributed by atoms with Gasteiger partial charge in [0.2, 0.25) is 5.91 Å². The van der Waals surface area contributed by atoms with E-state index in [1.807, 2.05) is 0 Å². The summed E-state index contributed by atoms with van der Waals surface area (Å²) >= 11 is 0. The third kappa shape index (κ3) is 3.95. The SMILES string of the molecule is COC(=O)C1CCC(N[C@@H]2CCC[C@@H](C(N)=O)C2)CC1. The molecule has 20 heavy (non-hydrogen) atoms. The first kappa shape index (κ1) is 15.3.